The van der Waals surface area contributed by atoms with Crippen LogP contribution in [0.15, 0.2) is 33.5 Å². The molecule has 0 aliphatic rings. The summed E-state index contributed by atoms with van der Waals surface area (Å²) < 4.78 is 10.3. The molecule has 1 heterocycles. The van der Waals surface area contributed by atoms with Crippen LogP contribution in [0.25, 0.3) is 11.0 Å². The van der Waals surface area contributed by atoms with Crippen LogP contribution in [0.2, 0.25) is 5.02 Å². The Balaban J connectivity index is 2.10. The van der Waals surface area contributed by atoms with E-state index in [1.54, 1.807) is 13.8 Å². The summed E-state index contributed by atoms with van der Waals surface area (Å²) in [4.78, 5) is 47.5. The van der Waals surface area contributed by atoms with E-state index < -0.39 is 29.4 Å². The summed E-state index contributed by atoms with van der Waals surface area (Å²) in [5.41, 5.74) is -0.323. The Morgan fingerprint density at radius 3 is 2.50 bits per heavy atom. The second-order valence-electron chi connectivity index (χ2n) is 5.78. The maximum Gasteiger partial charge on any atom is 0.375 e. The molecule has 0 aliphatic carbocycles. The Bertz CT molecular complexity index is 921. The summed E-state index contributed by atoms with van der Waals surface area (Å²) in [6.07, 6.45) is -1.27. The molecule has 26 heavy (non-hydrogen) atoms. The van der Waals surface area contributed by atoms with E-state index in [9.17, 15) is 19.2 Å². The molecule has 9 heteroatoms. The van der Waals surface area contributed by atoms with Gasteiger partial charge in [0.05, 0.1) is 5.39 Å². The van der Waals surface area contributed by atoms with Gasteiger partial charge in [0.2, 0.25) is 5.76 Å². The number of halogens is 1. The number of fused-ring (bicyclic) bond motifs is 1. The van der Waals surface area contributed by atoms with Crippen molar-refractivity contribution in [1.29, 1.82) is 0 Å². The number of urea groups is 1. The van der Waals surface area contributed by atoms with Crippen molar-refractivity contribution in [2.24, 2.45) is 0 Å². The lowest BCUT2D eigenvalue weighted by molar-refractivity contribution is -0.128. The molecule has 0 unspecified atom stereocenters. The van der Waals surface area contributed by atoms with Crippen molar-refractivity contribution in [3.8, 4) is 0 Å². The van der Waals surface area contributed by atoms with Crippen molar-refractivity contribution >= 4 is 40.5 Å². The van der Waals surface area contributed by atoms with E-state index in [-0.39, 0.29) is 22.8 Å². The third kappa shape index (κ3) is 4.82. The molecule has 138 valence electrons. The van der Waals surface area contributed by atoms with Crippen molar-refractivity contribution in [1.82, 2.24) is 10.6 Å². The molecule has 0 fully saturated rings. The molecule has 0 saturated heterocycles. The van der Waals surface area contributed by atoms with Crippen molar-refractivity contribution in [2.45, 2.75) is 32.9 Å². The lowest BCUT2D eigenvalue weighted by Crippen LogP contribution is -2.46. The topological polar surface area (TPSA) is 115 Å². The zero-order chi connectivity index (χ0) is 19.4. The molecule has 3 amide bonds. The number of ether oxygens (including phenoxy) is 1. The van der Waals surface area contributed by atoms with Gasteiger partial charge in [0, 0.05) is 17.1 Å². The molecule has 0 spiro atoms. The minimum atomic E-state index is -1.27. The molecule has 1 atom stereocenters. The van der Waals surface area contributed by atoms with Gasteiger partial charge >= 0.3 is 12.0 Å². The van der Waals surface area contributed by atoms with Crippen LogP contribution < -0.4 is 16.1 Å². The van der Waals surface area contributed by atoms with Crippen molar-refractivity contribution in [2.75, 3.05) is 0 Å². The Morgan fingerprint density at radius 2 is 1.85 bits per heavy atom. The number of nitrogens with one attached hydrogen (secondary N) is 2. The number of imide groups is 1. The van der Waals surface area contributed by atoms with E-state index in [0.717, 1.165) is 6.07 Å². The highest BCUT2D eigenvalue weighted by Gasteiger charge is 2.23. The summed E-state index contributed by atoms with van der Waals surface area (Å²) >= 11 is 5.82. The van der Waals surface area contributed by atoms with E-state index in [1.165, 1.54) is 25.1 Å². The van der Waals surface area contributed by atoms with Crippen LogP contribution in [0, 0.1) is 0 Å². The monoisotopic (exact) mass is 380 g/mol. The number of hydrogen-bond acceptors (Lipinski definition) is 6. The SMILES string of the molecule is CC(C)NC(=O)NC(=O)[C@@H](C)OC(=O)c1cc(=O)c2cc(Cl)ccc2o1. The molecule has 0 saturated carbocycles. The highest BCUT2D eigenvalue weighted by molar-refractivity contribution is 6.31. The van der Waals surface area contributed by atoms with Crippen LogP contribution in [0.3, 0.4) is 0 Å². The number of carbonyl (C=O) groups excluding carboxylic acids is 3. The van der Waals surface area contributed by atoms with Gasteiger partial charge in [-0.25, -0.2) is 9.59 Å². The van der Waals surface area contributed by atoms with E-state index in [4.69, 9.17) is 20.8 Å². The smallest absolute Gasteiger partial charge is 0.375 e. The minimum absolute atomic E-state index is 0.155. The molecular weight excluding hydrogens is 364 g/mol. The molecule has 1 aromatic carbocycles. The second kappa shape index (κ2) is 8.01. The number of esters is 1. The zero-order valence-electron chi connectivity index (χ0n) is 14.3. The van der Waals surface area contributed by atoms with Crippen LogP contribution in [0.4, 0.5) is 4.79 Å². The largest absolute Gasteiger partial charge is 0.449 e. The van der Waals surface area contributed by atoms with Gasteiger partial charge in [-0.1, -0.05) is 11.6 Å². The third-order valence-electron chi connectivity index (χ3n) is 3.20. The normalized spacial score (nSPS) is 11.9. The van der Waals surface area contributed by atoms with E-state index >= 15 is 0 Å². The number of rotatable bonds is 4. The zero-order valence-corrected chi connectivity index (χ0v) is 15.0. The standard InChI is InChI=1S/C17H17ClN2O6/c1-8(2)19-17(24)20-15(22)9(3)25-16(23)14-7-12(21)11-6-10(18)4-5-13(11)26-14/h4-9H,1-3H3,(H2,19,20,22,24)/t9-/m1/s1. The number of amides is 3. The number of hydrogen-bond donors (Lipinski definition) is 2. The first-order chi connectivity index (χ1) is 12.2. The van der Waals surface area contributed by atoms with Gasteiger partial charge in [-0.15, -0.1) is 0 Å². The summed E-state index contributed by atoms with van der Waals surface area (Å²) in [5.74, 6) is -2.19. The summed E-state index contributed by atoms with van der Waals surface area (Å²) in [6.45, 7) is 4.74. The van der Waals surface area contributed by atoms with Gasteiger partial charge in [-0.05, 0) is 39.0 Å². The molecule has 2 rings (SSSR count). The Morgan fingerprint density at radius 1 is 1.15 bits per heavy atom. The highest BCUT2D eigenvalue weighted by Crippen LogP contribution is 2.18. The molecule has 8 nitrogen and oxygen atoms in total. The van der Waals surface area contributed by atoms with Crippen molar-refractivity contribution in [3.63, 3.8) is 0 Å². The van der Waals surface area contributed by atoms with Gasteiger partial charge in [-0.3, -0.25) is 14.9 Å². The first kappa shape index (κ1) is 19.5. The first-order valence-electron chi connectivity index (χ1n) is 7.73. The van der Waals surface area contributed by atoms with Gasteiger partial charge in [0.25, 0.3) is 5.91 Å². The Hall–Kier alpha value is -2.87. The molecule has 2 N–H and O–H groups in total. The lowest BCUT2D eigenvalue weighted by atomic mass is 10.2. The van der Waals surface area contributed by atoms with E-state index in [2.05, 4.69) is 5.32 Å². The van der Waals surface area contributed by atoms with Crippen LogP contribution in [0.1, 0.15) is 31.3 Å². The van der Waals surface area contributed by atoms with Crippen molar-refractivity contribution in [3.05, 3.63) is 45.3 Å². The highest BCUT2D eigenvalue weighted by atomic mass is 35.5. The summed E-state index contributed by atoms with van der Waals surface area (Å²) in [6, 6.07) is 4.45. The molecule has 2 aromatic rings. The fourth-order valence-electron chi connectivity index (χ4n) is 2.01. The molecule has 0 radical (unpaired) electrons. The fourth-order valence-corrected chi connectivity index (χ4v) is 2.19. The minimum Gasteiger partial charge on any atom is -0.449 e. The summed E-state index contributed by atoms with van der Waals surface area (Å²) in [5, 5.41) is 5.07. The second-order valence-corrected chi connectivity index (χ2v) is 6.22. The Labute approximate surface area is 153 Å². The van der Waals surface area contributed by atoms with Gasteiger partial charge in [0.1, 0.15) is 5.58 Å². The first-order valence-corrected chi connectivity index (χ1v) is 8.11. The van der Waals surface area contributed by atoms with Gasteiger partial charge < -0.3 is 14.5 Å². The average Bonchev–Trinajstić information content (AvgIpc) is 2.54. The van der Waals surface area contributed by atoms with Crippen LogP contribution in [0.5, 0.6) is 0 Å². The Kier molecular flexibility index (Phi) is 5.99. The maximum absolute atomic E-state index is 12.1. The quantitative estimate of drug-likeness (QED) is 0.786. The van der Waals surface area contributed by atoms with Gasteiger partial charge in [-0.2, -0.15) is 0 Å². The third-order valence-corrected chi connectivity index (χ3v) is 3.43. The van der Waals surface area contributed by atoms with Gasteiger partial charge in [0.15, 0.2) is 11.5 Å². The fraction of sp³-hybridized carbons (Fsp3) is 0.294. The molecular formula is C17H17ClN2O6. The number of benzene rings is 1. The molecule has 1 aromatic heterocycles. The lowest BCUT2D eigenvalue weighted by Gasteiger charge is -2.14. The maximum atomic E-state index is 12.1. The van der Waals surface area contributed by atoms with E-state index in [0.29, 0.717) is 5.02 Å². The van der Waals surface area contributed by atoms with E-state index in [1.807, 2.05) is 5.32 Å². The van der Waals surface area contributed by atoms with Crippen LogP contribution in [-0.4, -0.2) is 30.1 Å². The molecule has 0 bridgehead atoms. The van der Waals surface area contributed by atoms with Crippen molar-refractivity contribution < 1.29 is 23.5 Å². The average molecular weight is 381 g/mol. The van der Waals surface area contributed by atoms with Crippen LogP contribution >= 0.6 is 11.6 Å². The molecule has 0 aliphatic heterocycles. The summed E-state index contributed by atoms with van der Waals surface area (Å²) in [7, 11) is 0. The predicted molar refractivity (Wildman–Crippen MR) is 94.2 cm³/mol. The van der Waals surface area contributed by atoms with Crippen LogP contribution in [-0.2, 0) is 9.53 Å². The predicted octanol–water partition coefficient (Wildman–Crippen LogP) is 2.23. The number of carbonyl (C=O) groups is 3.